The van der Waals surface area contributed by atoms with Crippen LogP contribution in [0.3, 0.4) is 0 Å². The van der Waals surface area contributed by atoms with Gasteiger partial charge in [0.15, 0.2) is 0 Å². The fraction of sp³-hybridized carbons (Fsp3) is 0.259. The zero-order chi connectivity index (χ0) is 22.4. The van der Waals surface area contributed by atoms with Crippen molar-refractivity contribution in [1.82, 2.24) is 19.8 Å². The highest BCUT2D eigenvalue weighted by molar-refractivity contribution is 5.98. The molecule has 0 unspecified atom stereocenters. The van der Waals surface area contributed by atoms with Crippen molar-refractivity contribution in [3.63, 3.8) is 0 Å². The Balaban J connectivity index is 1.55. The molecule has 3 heterocycles. The van der Waals surface area contributed by atoms with Crippen molar-refractivity contribution >= 4 is 16.9 Å². The van der Waals surface area contributed by atoms with Gasteiger partial charge < -0.3 is 14.8 Å². The molecule has 0 radical (unpaired) electrons. The second kappa shape index (κ2) is 7.92. The molecule has 0 spiro atoms. The van der Waals surface area contributed by atoms with E-state index in [4.69, 9.17) is 4.98 Å². The van der Waals surface area contributed by atoms with Gasteiger partial charge in [0, 0.05) is 61.7 Å². The number of aryl methyl sites for hydroxylation is 1. The SMILES string of the molecule is Cc1cc(-c2cnc3[nH]cc(-c4ccc(C(=O)N(C)C)cc4)c3c2)cc2c1CCN(C)C2. The third kappa shape index (κ3) is 3.59. The molecule has 1 amide bonds. The van der Waals surface area contributed by atoms with Crippen molar-refractivity contribution in [3.05, 3.63) is 77.1 Å². The molecule has 32 heavy (non-hydrogen) atoms. The number of H-pyrrole nitrogens is 1. The minimum atomic E-state index is 0.00727. The van der Waals surface area contributed by atoms with Crippen molar-refractivity contribution in [2.24, 2.45) is 0 Å². The molecule has 1 aliphatic heterocycles. The van der Waals surface area contributed by atoms with Gasteiger partial charge in [-0.25, -0.2) is 4.98 Å². The fourth-order valence-corrected chi connectivity index (χ4v) is 4.68. The first-order chi connectivity index (χ1) is 15.4. The first-order valence-electron chi connectivity index (χ1n) is 11.0. The molecule has 1 N–H and O–H groups in total. The first-order valence-corrected chi connectivity index (χ1v) is 11.0. The highest BCUT2D eigenvalue weighted by atomic mass is 16.2. The maximum atomic E-state index is 12.2. The van der Waals surface area contributed by atoms with Crippen molar-refractivity contribution in [2.75, 3.05) is 27.7 Å². The lowest BCUT2D eigenvalue weighted by Gasteiger charge is -2.27. The maximum Gasteiger partial charge on any atom is 0.253 e. The number of nitrogens with one attached hydrogen (secondary N) is 1. The van der Waals surface area contributed by atoms with E-state index in [2.05, 4.69) is 42.1 Å². The molecule has 1 aliphatic rings. The predicted octanol–water partition coefficient (Wildman–Crippen LogP) is 4.90. The van der Waals surface area contributed by atoms with E-state index in [-0.39, 0.29) is 5.91 Å². The Morgan fingerprint density at radius 1 is 1.06 bits per heavy atom. The smallest absolute Gasteiger partial charge is 0.253 e. The Labute approximate surface area is 188 Å². The van der Waals surface area contributed by atoms with E-state index in [1.165, 1.54) is 22.3 Å². The molecule has 0 bridgehead atoms. The van der Waals surface area contributed by atoms with Gasteiger partial charge in [0.1, 0.15) is 5.65 Å². The van der Waals surface area contributed by atoms with Crippen LogP contribution in [0.2, 0.25) is 0 Å². The summed E-state index contributed by atoms with van der Waals surface area (Å²) in [6.45, 7) is 4.33. The van der Waals surface area contributed by atoms with Crippen LogP contribution in [-0.4, -0.2) is 53.4 Å². The molecule has 0 fully saturated rings. The van der Waals surface area contributed by atoms with Crippen molar-refractivity contribution < 1.29 is 4.79 Å². The standard InChI is InChI=1S/C27H28N4O/c1-17-11-20(12-22-16-31(4)10-9-23(17)22)21-13-24-25(15-29-26(24)28-14-21)18-5-7-19(8-6-18)27(32)30(2)3/h5-8,11-15H,9-10,16H2,1-4H3,(H,28,29). The highest BCUT2D eigenvalue weighted by Crippen LogP contribution is 2.33. The van der Waals surface area contributed by atoms with E-state index < -0.39 is 0 Å². The number of benzene rings is 2. The van der Waals surface area contributed by atoms with Crippen LogP contribution in [0.1, 0.15) is 27.0 Å². The third-order valence-electron chi connectivity index (χ3n) is 6.46. The van der Waals surface area contributed by atoms with Crippen LogP contribution in [0, 0.1) is 6.92 Å². The van der Waals surface area contributed by atoms with Gasteiger partial charge in [-0.15, -0.1) is 0 Å². The maximum absolute atomic E-state index is 12.2. The molecule has 162 valence electrons. The second-order valence-electron chi connectivity index (χ2n) is 9.02. The number of aromatic nitrogens is 2. The Morgan fingerprint density at radius 2 is 1.84 bits per heavy atom. The molecule has 5 rings (SSSR count). The van der Waals surface area contributed by atoms with Crippen molar-refractivity contribution in [1.29, 1.82) is 0 Å². The lowest BCUT2D eigenvalue weighted by molar-refractivity contribution is 0.0827. The summed E-state index contributed by atoms with van der Waals surface area (Å²) in [5.74, 6) is 0.00727. The van der Waals surface area contributed by atoms with Gasteiger partial charge >= 0.3 is 0 Å². The quantitative estimate of drug-likeness (QED) is 0.509. The van der Waals surface area contributed by atoms with Crippen LogP contribution in [0.15, 0.2) is 54.9 Å². The first kappa shape index (κ1) is 20.5. The summed E-state index contributed by atoms with van der Waals surface area (Å²) in [7, 11) is 5.72. The largest absolute Gasteiger partial charge is 0.346 e. The van der Waals surface area contributed by atoms with Crippen molar-refractivity contribution in [2.45, 2.75) is 19.9 Å². The molecule has 0 saturated heterocycles. The molecule has 2 aromatic heterocycles. The number of hydrogen-bond acceptors (Lipinski definition) is 3. The lowest BCUT2D eigenvalue weighted by atomic mass is 9.91. The topological polar surface area (TPSA) is 52.2 Å². The number of nitrogens with zero attached hydrogens (tertiary/aromatic N) is 3. The average Bonchev–Trinajstić information content (AvgIpc) is 3.21. The molecule has 0 atom stereocenters. The monoisotopic (exact) mass is 424 g/mol. The van der Waals surface area contributed by atoms with E-state index in [0.29, 0.717) is 5.56 Å². The highest BCUT2D eigenvalue weighted by Gasteiger charge is 2.17. The number of carbonyl (C=O) groups is 1. The number of aromatic amines is 1. The van der Waals surface area contributed by atoms with Gasteiger partial charge in [-0.05, 0) is 72.5 Å². The minimum Gasteiger partial charge on any atom is -0.346 e. The Kier molecular flexibility index (Phi) is 5.06. The fourth-order valence-electron chi connectivity index (χ4n) is 4.68. The van der Waals surface area contributed by atoms with E-state index in [1.807, 2.05) is 36.7 Å². The van der Waals surface area contributed by atoms with Crippen LogP contribution >= 0.6 is 0 Å². The van der Waals surface area contributed by atoms with Crippen LogP contribution in [0.5, 0.6) is 0 Å². The number of amides is 1. The molecule has 4 aromatic rings. The molecule has 0 aliphatic carbocycles. The van der Waals surface area contributed by atoms with E-state index in [0.717, 1.165) is 47.2 Å². The van der Waals surface area contributed by atoms with Gasteiger partial charge in [0.2, 0.25) is 0 Å². The Morgan fingerprint density at radius 3 is 2.59 bits per heavy atom. The zero-order valence-electron chi connectivity index (χ0n) is 19.1. The van der Waals surface area contributed by atoms with Crippen LogP contribution in [0.4, 0.5) is 0 Å². The molecular weight excluding hydrogens is 396 g/mol. The van der Waals surface area contributed by atoms with E-state index >= 15 is 0 Å². The molecule has 5 nitrogen and oxygen atoms in total. The van der Waals surface area contributed by atoms with Gasteiger partial charge in [0.05, 0.1) is 0 Å². The van der Waals surface area contributed by atoms with Gasteiger partial charge in [0.25, 0.3) is 5.91 Å². The van der Waals surface area contributed by atoms with E-state index in [9.17, 15) is 4.79 Å². The number of hydrogen-bond donors (Lipinski definition) is 1. The van der Waals surface area contributed by atoms with Crippen molar-refractivity contribution in [3.8, 4) is 22.3 Å². The summed E-state index contributed by atoms with van der Waals surface area (Å²) >= 11 is 0. The summed E-state index contributed by atoms with van der Waals surface area (Å²) in [4.78, 5) is 24.2. The number of fused-ring (bicyclic) bond motifs is 2. The summed E-state index contributed by atoms with van der Waals surface area (Å²) in [5, 5.41) is 1.08. The third-order valence-corrected chi connectivity index (χ3v) is 6.46. The van der Waals surface area contributed by atoms with Gasteiger partial charge in [-0.2, -0.15) is 0 Å². The minimum absolute atomic E-state index is 0.00727. The van der Waals surface area contributed by atoms with Crippen LogP contribution in [0.25, 0.3) is 33.3 Å². The van der Waals surface area contributed by atoms with Gasteiger partial charge in [-0.1, -0.05) is 18.2 Å². The zero-order valence-corrected chi connectivity index (χ0v) is 19.1. The summed E-state index contributed by atoms with van der Waals surface area (Å²) in [6, 6.07) is 14.6. The molecule has 5 heteroatoms. The van der Waals surface area contributed by atoms with Crippen LogP contribution in [-0.2, 0) is 13.0 Å². The van der Waals surface area contributed by atoms with E-state index in [1.54, 1.807) is 19.0 Å². The normalized spacial score (nSPS) is 13.9. The molecular formula is C27H28N4O. The Hall–Kier alpha value is -3.44. The molecule has 0 saturated carbocycles. The number of rotatable bonds is 3. The number of carbonyl (C=O) groups excluding carboxylic acids is 1. The summed E-state index contributed by atoms with van der Waals surface area (Å²) < 4.78 is 0. The number of pyridine rings is 1. The summed E-state index contributed by atoms with van der Waals surface area (Å²) in [6.07, 6.45) is 5.07. The predicted molar refractivity (Wildman–Crippen MR) is 130 cm³/mol. The summed E-state index contributed by atoms with van der Waals surface area (Å²) in [5.41, 5.74) is 10.3. The second-order valence-corrected chi connectivity index (χ2v) is 9.02. The lowest BCUT2D eigenvalue weighted by Crippen LogP contribution is -2.27. The average molecular weight is 425 g/mol. The van der Waals surface area contributed by atoms with Crippen LogP contribution < -0.4 is 0 Å². The molecule has 2 aromatic carbocycles. The van der Waals surface area contributed by atoms with Gasteiger partial charge in [-0.3, -0.25) is 4.79 Å². The number of likely N-dealkylation sites (N-methyl/N-ethyl adjacent to an activating group) is 1. The Bertz CT molecular complexity index is 1320.